The summed E-state index contributed by atoms with van der Waals surface area (Å²) in [6.07, 6.45) is 3.48. The summed E-state index contributed by atoms with van der Waals surface area (Å²) in [5.41, 5.74) is 2.07. The lowest BCUT2D eigenvalue weighted by Crippen LogP contribution is -2.27. The molecule has 0 aliphatic carbocycles. The molecule has 94 valence electrons. The molecule has 1 aliphatic heterocycles. The van der Waals surface area contributed by atoms with Crippen LogP contribution in [-0.4, -0.2) is 18.8 Å². The van der Waals surface area contributed by atoms with Crippen molar-refractivity contribution < 1.29 is 9.84 Å². The molecule has 1 aromatic carbocycles. The zero-order valence-corrected chi connectivity index (χ0v) is 11.8. The second-order valence-electron chi connectivity index (χ2n) is 4.47. The van der Waals surface area contributed by atoms with E-state index in [0.717, 1.165) is 28.6 Å². The van der Waals surface area contributed by atoms with Gasteiger partial charge in [-0.3, -0.25) is 0 Å². The number of rotatable bonds is 2. The van der Waals surface area contributed by atoms with Crippen molar-refractivity contribution in [2.75, 3.05) is 13.7 Å². The summed E-state index contributed by atoms with van der Waals surface area (Å²) in [5, 5.41) is 13.8. The predicted octanol–water partition coefficient (Wildman–Crippen LogP) is 3.29. The Bertz CT molecular complexity index is 414. The molecule has 4 heteroatoms. The molecule has 3 nitrogen and oxygen atoms in total. The zero-order chi connectivity index (χ0) is 12.4. The van der Waals surface area contributed by atoms with E-state index in [2.05, 4.69) is 21.2 Å². The van der Waals surface area contributed by atoms with Crippen LogP contribution < -0.4 is 10.1 Å². The molecule has 0 saturated carbocycles. The van der Waals surface area contributed by atoms with E-state index in [0.29, 0.717) is 5.75 Å². The van der Waals surface area contributed by atoms with Crippen LogP contribution in [0.4, 0.5) is 0 Å². The molecule has 17 heavy (non-hydrogen) atoms. The Hall–Kier alpha value is -0.740. The highest BCUT2D eigenvalue weighted by molar-refractivity contribution is 9.10. The Morgan fingerprint density at radius 3 is 2.82 bits per heavy atom. The number of hydrogen-bond acceptors (Lipinski definition) is 3. The van der Waals surface area contributed by atoms with E-state index < -0.39 is 0 Å². The van der Waals surface area contributed by atoms with Gasteiger partial charge in [-0.05, 0) is 53.9 Å². The third-order valence-corrected chi connectivity index (χ3v) is 3.91. The second kappa shape index (κ2) is 5.27. The number of benzene rings is 1. The molecule has 1 aliphatic rings. The highest BCUT2D eigenvalue weighted by atomic mass is 79.9. The van der Waals surface area contributed by atoms with Crippen LogP contribution in [0.15, 0.2) is 10.5 Å². The molecule has 1 heterocycles. The molecule has 0 spiro atoms. The lowest BCUT2D eigenvalue weighted by atomic mass is 9.93. The van der Waals surface area contributed by atoms with E-state index in [1.807, 2.05) is 13.0 Å². The standard InChI is InChI=1S/C13H18BrNO2/c1-8-7-9(14)13(17-2)12(16)11(8)10-5-3-4-6-15-10/h7,10,15-16H,3-6H2,1-2H3. The van der Waals surface area contributed by atoms with Crippen molar-refractivity contribution in [3.05, 3.63) is 21.7 Å². The van der Waals surface area contributed by atoms with Crippen LogP contribution in [0.5, 0.6) is 11.5 Å². The van der Waals surface area contributed by atoms with Crippen molar-refractivity contribution >= 4 is 15.9 Å². The van der Waals surface area contributed by atoms with Gasteiger partial charge < -0.3 is 15.2 Å². The molecule has 1 atom stereocenters. The van der Waals surface area contributed by atoms with Gasteiger partial charge in [-0.1, -0.05) is 6.42 Å². The smallest absolute Gasteiger partial charge is 0.175 e. The number of halogens is 1. The highest BCUT2D eigenvalue weighted by Gasteiger charge is 2.23. The third-order valence-electron chi connectivity index (χ3n) is 3.32. The first-order valence-corrected chi connectivity index (χ1v) is 6.73. The van der Waals surface area contributed by atoms with Gasteiger partial charge in [-0.15, -0.1) is 0 Å². The van der Waals surface area contributed by atoms with Gasteiger partial charge >= 0.3 is 0 Å². The van der Waals surface area contributed by atoms with E-state index in [1.165, 1.54) is 12.8 Å². The molecular weight excluding hydrogens is 282 g/mol. The molecule has 2 N–H and O–H groups in total. The van der Waals surface area contributed by atoms with Crippen molar-refractivity contribution in [2.24, 2.45) is 0 Å². The summed E-state index contributed by atoms with van der Waals surface area (Å²) in [5.74, 6) is 0.789. The van der Waals surface area contributed by atoms with Crippen LogP contribution in [-0.2, 0) is 0 Å². The first-order valence-electron chi connectivity index (χ1n) is 5.94. The number of ether oxygens (including phenoxy) is 1. The van der Waals surface area contributed by atoms with E-state index in [1.54, 1.807) is 7.11 Å². The fourth-order valence-electron chi connectivity index (χ4n) is 2.49. The van der Waals surface area contributed by atoms with Gasteiger partial charge in [-0.25, -0.2) is 0 Å². The van der Waals surface area contributed by atoms with Gasteiger partial charge in [0.1, 0.15) is 0 Å². The van der Waals surface area contributed by atoms with Crippen molar-refractivity contribution in [3.63, 3.8) is 0 Å². The SMILES string of the molecule is COc1c(Br)cc(C)c(C2CCCCN2)c1O. The lowest BCUT2D eigenvalue weighted by molar-refractivity contribution is 0.352. The number of piperidine rings is 1. The summed E-state index contributed by atoms with van der Waals surface area (Å²) < 4.78 is 6.04. The van der Waals surface area contributed by atoms with Crippen molar-refractivity contribution in [1.82, 2.24) is 5.32 Å². The quantitative estimate of drug-likeness (QED) is 0.880. The Morgan fingerprint density at radius 2 is 2.24 bits per heavy atom. The molecule has 1 unspecified atom stereocenters. The van der Waals surface area contributed by atoms with Gasteiger partial charge in [0.05, 0.1) is 11.6 Å². The third kappa shape index (κ3) is 2.43. The largest absolute Gasteiger partial charge is 0.504 e. The number of aryl methyl sites for hydroxylation is 1. The lowest BCUT2D eigenvalue weighted by Gasteiger charge is -2.27. The van der Waals surface area contributed by atoms with Gasteiger partial charge in [-0.2, -0.15) is 0 Å². The maximum Gasteiger partial charge on any atom is 0.175 e. The van der Waals surface area contributed by atoms with Crippen LogP contribution in [0, 0.1) is 6.92 Å². The summed E-state index contributed by atoms with van der Waals surface area (Å²) in [4.78, 5) is 0. The number of hydrogen-bond donors (Lipinski definition) is 2. The van der Waals surface area contributed by atoms with Crippen molar-refractivity contribution in [2.45, 2.75) is 32.2 Å². The van der Waals surface area contributed by atoms with Gasteiger partial charge in [0.25, 0.3) is 0 Å². The van der Waals surface area contributed by atoms with Gasteiger partial charge in [0, 0.05) is 11.6 Å². The maximum absolute atomic E-state index is 10.3. The summed E-state index contributed by atoms with van der Waals surface area (Å²) >= 11 is 3.41. The molecular formula is C13H18BrNO2. The maximum atomic E-state index is 10.3. The minimum Gasteiger partial charge on any atom is -0.504 e. The first kappa shape index (κ1) is 12.7. The van der Waals surface area contributed by atoms with Crippen LogP contribution in [0.2, 0.25) is 0 Å². The fraction of sp³-hybridized carbons (Fsp3) is 0.538. The Morgan fingerprint density at radius 1 is 1.47 bits per heavy atom. The van der Waals surface area contributed by atoms with E-state index in [4.69, 9.17) is 4.74 Å². The average molecular weight is 300 g/mol. The first-order chi connectivity index (χ1) is 8.15. The number of phenols is 1. The molecule has 1 fully saturated rings. The summed E-state index contributed by atoms with van der Waals surface area (Å²) in [6, 6.07) is 2.25. The minimum absolute atomic E-state index is 0.241. The topological polar surface area (TPSA) is 41.5 Å². The van der Waals surface area contributed by atoms with E-state index in [9.17, 15) is 5.11 Å². The van der Waals surface area contributed by atoms with E-state index in [-0.39, 0.29) is 11.8 Å². The number of methoxy groups -OCH3 is 1. The Labute approximate surface area is 110 Å². The predicted molar refractivity (Wildman–Crippen MR) is 71.7 cm³/mol. The zero-order valence-electron chi connectivity index (χ0n) is 10.2. The minimum atomic E-state index is 0.241. The second-order valence-corrected chi connectivity index (χ2v) is 5.33. The molecule has 0 aromatic heterocycles. The van der Waals surface area contributed by atoms with Crippen LogP contribution >= 0.6 is 15.9 Å². The average Bonchev–Trinajstić information content (AvgIpc) is 2.30. The molecule has 1 saturated heterocycles. The Kier molecular flexibility index (Phi) is 3.94. The summed E-state index contributed by atoms with van der Waals surface area (Å²) in [7, 11) is 1.58. The van der Waals surface area contributed by atoms with Crippen LogP contribution in [0.1, 0.15) is 36.4 Å². The Balaban J connectivity index is 2.44. The highest BCUT2D eigenvalue weighted by Crippen LogP contribution is 2.43. The van der Waals surface area contributed by atoms with Crippen LogP contribution in [0.25, 0.3) is 0 Å². The van der Waals surface area contributed by atoms with Gasteiger partial charge in [0.2, 0.25) is 0 Å². The molecule has 2 rings (SSSR count). The number of phenolic OH excluding ortho intramolecular Hbond substituents is 1. The van der Waals surface area contributed by atoms with Crippen molar-refractivity contribution in [1.29, 1.82) is 0 Å². The molecule has 0 amide bonds. The molecule has 1 aromatic rings. The van der Waals surface area contributed by atoms with E-state index >= 15 is 0 Å². The van der Waals surface area contributed by atoms with Gasteiger partial charge in [0.15, 0.2) is 11.5 Å². The normalized spacial score (nSPS) is 20.3. The summed E-state index contributed by atoms with van der Waals surface area (Å²) in [6.45, 7) is 3.04. The fourth-order valence-corrected chi connectivity index (χ4v) is 3.18. The monoisotopic (exact) mass is 299 g/mol. The van der Waals surface area contributed by atoms with Crippen molar-refractivity contribution in [3.8, 4) is 11.5 Å². The molecule has 0 radical (unpaired) electrons. The molecule has 0 bridgehead atoms. The van der Waals surface area contributed by atoms with Crippen LogP contribution in [0.3, 0.4) is 0 Å². The number of aromatic hydroxyl groups is 1. The number of nitrogens with one attached hydrogen (secondary N) is 1.